The molecule has 224 valence electrons. The molecule has 14 heteroatoms. The predicted octanol–water partition coefficient (Wildman–Crippen LogP) is 3.18. The number of rotatable bonds is 5. The quantitative estimate of drug-likeness (QED) is 0.390. The normalized spacial score (nSPS) is 20.1. The largest absolute Gasteiger partial charge is 0.417 e. The summed E-state index contributed by atoms with van der Waals surface area (Å²) in [5, 5.41) is 5.81. The highest BCUT2D eigenvalue weighted by atomic mass is 19.4. The van der Waals surface area contributed by atoms with Gasteiger partial charge < -0.3 is 25.4 Å². The van der Waals surface area contributed by atoms with Crippen molar-refractivity contribution in [1.82, 2.24) is 25.2 Å². The maximum atomic E-state index is 15.7. The lowest BCUT2D eigenvalue weighted by atomic mass is 10.0. The lowest BCUT2D eigenvalue weighted by molar-refractivity contribution is -0.138. The van der Waals surface area contributed by atoms with Crippen molar-refractivity contribution in [3.8, 4) is 11.1 Å². The Morgan fingerprint density at radius 2 is 1.67 bits per heavy atom. The van der Waals surface area contributed by atoms with Crippen LogP contribution >= 0.6 is 0 Å². The van der Waals surface area contributed by atoms with Crippen molar-refractivity contribution < 1.29 is 22.4 Å². The van der Waals surface area contributed by atoms with Gasteiger partial charge >= 0.3 is 6.18 Å². The van der Waals surface area contributed by atoms with Crippen molar-refractivity contribution in [2.45, 2.75) is 32.1 Å². The summed E-state index contributed by atoms with van der Waals surface area (Å²) in [4.78, 5) is 41.9. The third kappa shape index (κ3) is 6.09. The Kier molecular flexibility index (Phi) is 8.19. The molecule has 42 heavy (non-hydrogen) atoms. The molecule has 1 amide bonds. The number of anilines is 3. The van der Waals surface area contributed by atoms with Crippen LogP contribution < -0.4 is 26.0 Å². The molecule has 2 aliphatic heterocycles. The predicted molar refractivity (Wildman–Crippen MR) is 151 cm³/mol. The average Bonchev–Trinajstić information content (AvgIpc) is 2.96. The number of piperazine rings is 2. The summed E-state index contributed by atoms with van der Waals surface area (Å²) >= 11 is 0. The van der Waals surface area contributed by atoms with E-state index in [0.29, 0.717) is 36.4 Å². The number of alkyl halides is 3. The van der Waals surface area contributed by atoms with Crippen LogP contribution in [0.15, 0.2) is 41.6 Å². The first-order valence-corrected chi connectivity index (χ1v) is 13.6. The number of aromatic amines is 1. The number of carbonyl (C=O) groups excluding carboxylic acids is 1. The second-order valence-corrected chi connectivity index (χ2v) is 10.7. The number of hydrogen-bond acceptors (Lipinski definition) is 8. The Morgan fingerprint density at radius 3 is 2.29 bits per heavy atom. The summed E-state index contributed by atoms with van der Waals surface area (Å²) in [6.07, 6.45) is -1.24. The Balaban J connectivity index is 1.54. The monoisotopic (exact) mass is 588 g/mol. The van der Waals surface area contributed by atoms with Crippen molar-refractivity contribution >= 4 is 23.2 Å². The first-order valence-electron chi connectivity index (χ1n) is 13.6. The minimum absolute atomic E-state index is 0.0775. The molecule has 0 unspecified atom stereocenters. The fourth-order valence-corrected chi connectivity index (χ4v) is 5.32. The van der Waals surface area contributed by atoms with Gasteiger partial charge in [0.1, 0.15) is 5.82 Å². The van der Waals surface area contributed by atoms with Crippen molar-refractivity contribution in [2.24, 2.45) is 0 Å². The molecule has 0 spiro atoms. The number of halogens is 4. The minimum atomic E-state index is -4.94. The van der Waals surface area contributed by atoms with Crippen LogP contribution in [0.2, 0.25) is 0 Å². The number of H-pyrrole nitrogens is 1. The van der Waals surface area contributed by atoms with E-state index in [0.717, 1.165) is 32.4 Å². The van der Waals surface area contributed by atoms with Gasteiger partial charge in [0, 0.05) is 87.1 Å². The molecule has 2 aromatic heterocycles. The van der Waals surface area contributed by atoms with Gasteiger partial charge in [0.2, 0.25) is 11.5 Å². The summed E-state index contributed by atoms with van der Waals surface area (Å²) in [5.41, 5.74) is -2.26. The second kappa shape index (κ2) is 11.7. The number of benzene rings is 1. The molecule has 2 fully saturated rings. The third-order valence-electron chi connectivity index (χ3n) is 7.86. The zero-order chi connectivity index (χ0) is 30.2. The molecule has 10 nitrogen and oxygen atoms in total. The van der Waals surface area contributed by atoms with Gasteiger partial charge in [0.15, 0.2) is 0 Å². The minimum Gasteiger partial charge on any atom is -0.367 e. The van der Waals surface area contributed by atoms with Gasteiger partial charge in [-0.15, -0.1) is 0 Å². The molecule has 0 saturated carbocycles. The molecular weight excluding hydrogens is 556 g/mol. The third-order valence-corrected chi connectivity index (χ3v) is 7.86. The number of carbonyl (C=O) groups is 1. The maximum absolute atomic E-state index is 15.7. The zero-order valence-corrected chi connectivity index (χ0v) is 23.4. The number of hydrogen-bond donors (Lipinski definition) is 3. The van der Waals surface area contributed by atoms with E-state index in [1.807, 2.05) is 30.7 Å². The smallest absolute Gasteiger partial charge is 0.367 e. The number of nitrogens with zero attached hydrogens (tertiary/aromatic N) is 5. The highest BCUT2D eigenvalue weighted by Crippen LogP contribution is 2.37. The summed E-state index contributed by atoms with van der Waals surface area (Å²) < 4.78 is 56.8. The van der Waals surface area contributed by atoms with Crippen LogP contribution in [0.5, 0.6) is 0 Å². The summed E-state index contributed by atoms with van der Waals surface area (Å²) in [5.74, 6) is -1.19. The topological polar surface area (TPSA) is 109 Å². The molecule has 0 radical (unpaired) electrons. The fraction of sp³-hybridized carbons (Fsp3) is 0.429. The fourth-order valence-electron chi connectivity index (χ4n) is 5.32. The van der Waals surface area contributed by atoms with Crippen LogP contribution in [0.4, 0.5) is 34.9 Å². The van der Waals surface area contributed by atoms with Crippen LogP contribution in [0, 0.1) is 5.82 Å². The number of nitrogens with one attached hydrogen (secondary N) is 3. The van der Waals surface area contributed by atoms with Gasteiger partial charge in [-0.2, -0.15) is 13.2 Å². The molecule has 1 aromatic carbocycles. The Morgan fingerprint density at radius 1 is 1.02 bits per heavy atom. The number of pyridine rings is 1. The van der Waals surface area contributed by atoms with E-state index < -0.39 is 34.6 Å². The molecule has 2 saturated heterocycles. The van der Waals surface area contributed by atoms with Crippen molar-refractivity contribution in [1.29, 1.82) is 0 Å². The van der Waals surface area contributed by atoms with Gasteiger partial charge in [-0.25, -0.2) is 14.4 Å². The van der Waals surface area contributed by atoms with Gasteiger partial charge in [0.05, 0.1) is 22.5 Å². The summed E-state index contributed by atoms with van der Waals surface area (Å²) in [7, 11) is 1.98. The second-order valence-electron chi connectivity index (χ2n) is 10.7. The molecule has 3 aromatic rings. The Bertz CT molecular complexity index is 1490. The average molecular weight is 589 g/mol. The van der Waals surface area contributed by atoms with E-state index in [1.54, 1.807) is 0 Å². The SMILES string of the molecule is C[C@@H]1CN(c2cc(F)c(-c3cnc(N4CCNCC4)nc3)cc2NC(=O)c2c[nH]c(=O)cc2C(F)(F)F)C[C@H](C)N1C. The highest BCUT2D eigenvalue weighted by molar-refractivity contribution is 6.07. The zero-order valence-electron chi connectivity index (χ0n) is 23.4. The molecule has 3 N–H and O–H groups in total. The summed E-state index contributed by atoms with van der Waals surface area (Å²) in [6.45, 7) is 8.06. The molecule has 2 atom stereocenters. The Labute approximate surface area is 239 Å². The number of likely N-dealkylation sites (N-methyl/N-ethyl adjacent to an activating group) is 1. The van der Waals surface area contributed by atoms with Crippen LogP contribution in [0.1, 0.15) is 29.8 Å². The molecule has 0 bridgehead atoms. The Hall–Kier alpha value is -4.04. The van der Waals surface area contributed by atoms with E-state index in [9.17, 15) is 22.8 Å². The van der Waals surface area contributed by atoms with Gasteiger partial charge in [-0.3, -0.25) is 14.5 Å². The van der Waals surface area contributed by atoms with Gasteiger partial charge in [-0.05, 0) is 33.0 Å². The molecule has 2 aliphatic rings. The standard InChI is InChI=1S/C28H32F4N8O2/c1-16-14-40(15-17(2)38(16)3)24-10-22(29)19(18-11-35-27(36-12-18)39-6-4-33-5-7-39)8-23(24)37-26(42)20-13-34-25(41)9-21(20)28(30,31)32/h8-13,16-17,33H,4-7,14-15H2,1-3H3,(H,34,41)(H,37,42)/t16-,17+. The van der Waals surface area contributed by atoms with E-state index >= 15 is 4.39 Å². The molecule has 0 aliphatic carbocycles. The van der Waals surface area contributed by atoms with Crippen molar-refractivity contribution in [3.05, 3.63) is 64.1 Å². The van der Waals surface area contributed by atoms with E-state index in [2.05, 4.69) is 30.5 Å². The molecule has 5 rings (SSSR count). The highest BCUT2D eigenvalue weighted by Gasteiger charge is 2.36. The van der Waals surface area contributed by atoms with Crippen LogP contribution in [0.3, 0.4) is 0 Å². The number of aromatic nitrogens is 3. The molecule has 4 heterocycles. The van der Waals surface area contributed by atoms with Crippen LogP contribution in [-0.2, 0) is 6.18 Å². The maximum Gasteiger partial charge on any atom is 0.417 e. The van der Waals surface area contributed by atoms with E-state index in [4.69, 9.17) is 0 Å². The lowest BCUT2D eigenvalue weighted by Crippen LogP contribution is -2.55. The number of amides is 1. The van der Waals surface area contributed by atoms with Crippen molar-refractivity contribution in [2.75, 3.05) is 61.4 Å². The van der Waals surface area contributed by atoms with Crippen LogP contribution in [0.25, 0.3) is 11.1 Å². The molecular formula is C28H32F4N8O2. The first-order chi connectivity index (χ1) is 19.9. The van der Waals surface area contributed by atoms with Gasteiger partial charge in [-0.1, -0.05) is 0 Å². The summed E-state index contributed by atoms with van der Waals surface area (Å²) in [6, 6.07) is 3.17. The van der Waals surface area contributed by atoms with Crippen LogP contribution in [-0.4, -0.2) is 84.2 Å². The lowest BCUT2D eigenvalue weighted by Gasteiger charge is -2.44. The van der Waals surface area contributed by atoms with E-state index in [1.165, 1.54) is 24.5 Å². The first kappa shape index (κ1) is 29.5. The van der Waals surface area contributed by atoms with E-state index in [-0.39, 0.29) is 23.3 Å². The van der Waals surface area contributed by atoms with Crippen molar-refractivity contribution in [3.63, 3.8) is 0 Å². The van der Waals surface area contributed by atoms with Gasteiger partial charge in [0.25, 0.3) is 5.91 Å².